The number of aromatic amines is 1. The quantitative estimate of drug-likeness (QED) is 0.628. The second kappa shape index (κ2) is 7.64. The number of rotatable bonds is 7. The van der Waals surface area contributed by atoms with Crippen molar-refractivity contribution in [2.45, 2.75) is 39.5 Å². The molecule has 0 saturated carbocycles. The van der Waals surface area contributed by atoms with Crippen LogP contribution in [0.5, 0.6) is 11.5 Å². The molecule has 5 heteroatoms. The zero-order valence-electron chi connectivity index (χ0n) is 13.0. The van der Waals surface area contributed by atoms with Crippen LogP contribution in [0.1, 0.15) is 39.5 Å². The van der Waals surface area contributed by atoms with Crippen LogP contribution in [-0.4, -0.2) is 17.6 Å². The lowest BCUT2D eigenvalue weighted by atomic mass is 10.2. The summed E-state index contributed by atoms with van der Waals surface area (Å²) in [6, 6.07) is 7.30. The van der Waals surface area contributed by atoms with Gasteiger partial charge in [-0.15, -0.1) is 0 Å². The van der Waals surface area contributed by atoms with Crippen molar-refractivity contribution in [1.29, 1.82) is 0 Å². The number of H-pyrrole nitrogens is 1. The predicted octanol–water partition coefficient (Wildman–Crippen LogP) is 3.41. The zero-order chi connectivity index (χ0) is 15.9. The Balaban J connectivity index is 2.33. The van der Waals surface area contributed by atoms with Crippen LogP contribution in [0.4, 0.5) is 0 Å². The molecule has 0 spiro atoms. The Morgan fingerprint density at radius 1 is 1.14 bits per heavy atom. The van der Waals surface area contributed by atoms with Crippen LogP contribution in [0.2, 0.25) is 0 Å². The van der Waals surface area contributed by atoms with E-state index >= 15 is 0 Å². The first kappa shape index (κ1) is 16.1. The number of para-hydroxylation sites is 1. The second-order valence-corrected chi connectivity index (χ2v) is 5.16. The van der Waals surface area contributed by atoms with Crippen LogP contribution in [-0.2, 0) is 4.79 Å². The van der Waals surface area contributed by atoms with Gasteiger partial charge in [0.05, 0.1) is 12.1 Å². The number of benzene rings is 1. The zero-order valence-corrected chi connectivity index (χ0v) is 13.0. The molecule has 1 heterocycles. The van der Waals surface area contributed by atoms with Gasteiger partial charge in [0.25, 0.3) is 5.56 Å². The minimum Gasteiger partial charge on any atom is -0.489 e. The Morgan fingerprint density at radius 2 is 1.91 bits per heavy atom. The summed E-state index contributed by atoms with van der Waals surface area (Å²) >= 11 is 0. The van der Waals surface area contributed by atoms with Crippen molar-refractivity contribution in [1.82, 2.24) is 4.98 Å². The first-order valence-electron chi connectivity index (χ1n) is 7.59. The summed E-state index contributed by atoms with van der Waals surface area (Å²) in [5.74, 6) is -0.274. The van der Waals surface area contributed by atoms with E-state index < -0.39 is 11.5 Å². The molecule has 0 saturated heterocycles. The predicted molar refractivity (Wildman–Crippen MR) is 85.5 cm³/mol. The Morgan fingerprint density at radius 3 is 2.64 bits per heavy atom. The third kappa shape index (κ3) is 3.87. The molecule has 0 aliphatic rings. The average molecular weight is 303 g/mol. The standard InChI is InChI=1S/C17H21NO4/c1-3-4-5-8-11-21-15-13-9-6-7-10-14(13)18-17(20)16(15)22-12(2)19/h6-7,9-10H,3-5,8,11H2,1-2H3,(H,18,20). The Hall–Kier alpha value is -2.30. The molecule has 1 aromatic carbocycles. The Bertz CT molecular complexity index is 705. The maximum Gasteiger partial charge on any atom is 0.308 e. The molecule has 0 amide bonds. The van der Waals surface area contributed by atoms with Crippen LogP contribution in [0.15, 0.2) is 29.1 Å². The number of unbranched alkanes of at least 4 members (excludes halogenated alkanes) is 3. The van der Waals surface area contributed by atoms with Crippen molar-refractivity contribution in [3.05, 3.63) is 34.6 Å². The third-order valence-corrected chi connectivity index (χ3v) is 3.32. The molecule has 0 atom stereocenters. The summed E-state index contributed by atoms with van der Waals surface area (Å²) in [6.45, 7) is 3.89. The highest BCUT2D eigenvalue weighted by atomic mass is 16.6. The lowest BCUT2D eigenvalue weighted by Crippen LogP contribution is -2.16. The topological polar surface area (TPSA) is 68.4 Å². The summed E-state index contributed by atoms with van der Waals surface area (Å²) in [6.07, 6.45) is 4.26. The van der Waals surface area contributed by atoms with Crippen LogP contribution < -0.4 is 15.0 Å². The highest BCUT2D eigenvalue weighted by Gasteiger charge is 2.17. The van der Waals surface area contributed by atoms with Gasteiger partial charge < -0.3 is 14.5 Å². The summed E-state index contributed by atoms with van der Waals surface area (Å²) < 4.78 is 10.8. The number of carbonyl (C=O) groups excluding carboxylic acids is 1. The second-order valence-electron chi connectivity index (χ2n) is 5.16. The van der Waals surface area contributed by atoms with Crippen molar-refractivity contribution in [3.8, 4) is 11.5 Å². The van der Waals surface area contributed by atoms with Crippen molar-refractivity contribution in [3.63, 3.8) is 0 Å². The number of fused-ring (bicyclic) bond motifs is 1. The third-order valence-electron chi connectivity index (χ3n) is 3.32. The van der Waals surface area contributed by atoms with Crippen molar-refractivity contribution in [2.75, 3.05) is 6.61 Å². The largest absolute Gasteiger partial charge is 0.489 e. The molecule has 118 valence electrons. The van der Waals surface area contributed by atoms with Gasteiger partial charge in [-0.3, -0.25) is 9.59 Å². The number of nitrogens with one attached hydrogen (secondary N) is 1. The van der Waals surface area contributed by atoms with Gasteiger partial charge in [0.2, 0.25) is 5.75 Å². The molecule has 1 N–H and O–H groups in total. The molecule has 2 rings (SSSR count). The molecule has 0 radical (unpaired) electrons. The van der Waals surface area contributed by atoms with Crippen LogP contribution >= 0.6 is 0 Å². The minimum absolute atomic E-state index is 0.0679. The van der Waals surface area contributed by atoms with E-state index in [0.717, 1.165) is 31.1 Å². The summed E-state index contributed by atoms with van der Waals surface area (Å²) in [7, 11) is 0. The highest BCUT2D eigenvalue weighted by molar-refractivity contribution is 5.88. The Labute approximate surface area is 129 Å². The average Bonchev–Trinajstić information content (AvgIpc) is 2.49. The van der Waals surface area contributed by atoms with E-state index in [2.05, 4.69) is 11.9 Å². The molecule has 22 heavy (non-hydrogen) atoms. The fourth-order valence-corrected chi connectivity index (χ4v) is 2.28. The van der Waals surface area contributed by atoms with Gasteiger partial charge in [-0.2, -0.15) is 0 Å². The van der Waals surface area contributed by atoms with E-state index in [4.69, 9.17) is 9.47 Å². The molecule has 0 unspecified atom stereocenters. The normalized spacial score (nSPS) is 10.6. The van der Waals surface area contributed by atoms with Gasteiger partial charge in [-0.05, 0) is 18.6 Å². The van der Waals surface area contributed by atoms with Gasteiger partial charge in [0.1, 0.15) is 0 Å². The molecule has 0 aliphatic heterocycles. The van der Waals surface area contributed by atoms with Crippen molar-refractivity contribution >= 4 is 16.9 Å². The van der Waals surface area contributed by atoms with Gasteiger partial charge in [0.15, 0.2) is 5.75 Å². The minimum atomic E-state index is -0.545. The van der Waals surface area contributed by atoms with E-state index in [9.17, 15) is 9.59 Å². The highest BCUT2D eigenvalue weighted by Crippen LogP contribution is 2.31. The van der Waals surface area contributed by atoms with E-state index in [1.165, 1.54) is 6.92 Å². The van der Waals surface area contributed by atoms with Gasteiger partial charge in [-0.25, -0.2) is 0 Å². The summed E-state index contributed by atoms with van der Waals surface area (Å²) in [4.78, 5) is 26.1. The van der Waals surface area contributed by atoms with Crippen molar-refractivity contribution in [2.24, 2.45) is 0 Å². The molecule has 0 bridgehead atoms. The van der Waals surface area contributed by atoms with Crippen LogP contribution in [0.25, 0.3) is 10.9 Å². The first-order chi connectivity index (χ1) is 10.6. The molecular formula is C17H21NO4. The molecular weight excluding hydrogens is 282 g/mol. The Kier molecular flexibility index (Phi) is 5.58. The first-order valence-corrected chi connectivity index (χ1v) is 7.59. The van der Waals surface area contributed by atoms with Gasteiger partial charge in [-0.1, -0.05) is 38.3 Å². The maximum atomic E-state index is 12.1. The van der Waals surface area contributed by atoms with E-state index in [-0.39, 0.29) is 5.75 Å². The molecule has 0 fully saturated rings. The van der Waals surface area contributed by atoms with Crippen LogP contribution in [0.3, 0.4) is 0 Å². The number of carbonyl (C=O) groups is 1. The van der Waals surface area contributed by atoms with Crippen LogP contribution in [0, 0.1) is 0 Å². The number of aromatic nitrogens is 1. The maximum absolute atomic E-state index is 12.1. The molecule has 5 nitrogen and oxygen atoms in total. The number of ether oxygens (including phenoxy) is 2. The lowest BCUT2D eigenvalue weighted by molar-refractivity contribution is -0.132. The number of hydrogen-bond acceptors (Lipinski definition) is 4. The van der Waals surface area contributed by atoms with Gasteiger partial charge in [0, 0.05) is 12.3 Å². The number of esters is 1. The SMILES string of the molecule is CCCCCCOc1c(OC(C)=O)c(=O)[nH]c2ccccc12. The smallest absolute Gasteiger partial charge is 0.308 e. The molecule has 2 aromatic rings. The van der Waals surface area contributed by atoms with E-state index in [1.807, 2.05) is 18.2 Å². The number of pyridine rings is 1. The number of hydrogen-bond donors (Lipinski definition) is 1. The summed E-state index contributed by atoms with van der Waals surface area (Å²) in [5.41, 5.74) is 0.199. The molecule has 1 aromatic heterocycles. The fourth-order valence-electron chi connectivity index (χ4n) is 2.28. The van der Waals surface area contributed by atoms with E-state index in [0.29, 0.717) is 17.9 Å². The summed E-state index contributed by atoms with van der Waals surface area (Å²) in [5, 5.41) is 0.730. The van der Waals surface area contributed by atoms with Gasteiger partial charge >= 0.3 is 5.97 Å². The van der Waals surface area contributed by atoms with E-state index in [1.54, 1.807) is 6.07 Å². The van der Waals surface area contributed by atoms with Crippen molar-refractivity contribution < 1.29 is 14.3 Å². The fraction of sp³-hybridized carbons (Fsp3) is 0.412. The molecule has 0 aliphatic carbocycles. The lowest BCUT2D eigenvalue weighted by Gasteiger charge is -2.13. The monoisotopic (exact) mass is 303 g/mol.